The Hall–Kier alpha value is 0. The average Bonchev–Trinajstić information content (AvgIpc) is 1.81. The first kappa shape index (κ1) is 11.0. The summed E-state index contributed by atoms with van der Waals surface area (Å²) < 4.78 is 0. The number of unbranched alkanes of at least 4 members (excludes halogenated alkanes) is 1. The summed E-state index contributed by atoms with van der Waals surface area (Å²) in [6.07, 6.45) is 3.61. The zero-order chi connectivity index (χ0) is 9.12. The summed E-state index contributed by atoms with van der Waals surface area (Å²) in [6.45, 7) is 15.5. The van der Waals surface area contributed by atoms with Gasteiger partial charge in [0.05, 0.1) is 0 Å². The molecule has 0 aromatic heterocycles. The molecule has 1 radical (unpaired) electrons. The third kappa shape index (κ3) is 3.27. The first-order chi connectivity index (χ1) is 4.81. The van der Waals surface area contributed by atoms with Crippen molar-refractivity contribution in [1.82, 2.24) is 0 Å². The molecular formula is C11H23. The van der Waals surface area contributed by atoms with Gasteiger partial charge in [0.1, 0.15) is 0 Å². The van der Waals surface area contributed by atoms with Gasteiger partial charge in [-0.25, -0.2) is 0 Å². The van der Waals surface area contributed by atoms with E-state index >= 15 is 0 Å². The fraction of sp³-hybridized carbons (Fsp3) is 0.909. The maximum absolute atomic E-state index is 3.87. The molecule has 0 aromatic carbocycles. The van der Waals surface area contributed by atoms with Crippen molar-refractivity contribution in [2.75, 3.05) is 0 Å². The Labute approximate surface area is 72.4 Å². The predicted molar refractivity (Wildman–Crippen MR) is 52.4 cm³/mol. The molecule has 11 heavy (non-hydrogen) atoms. The van der Waals surface area contributed by atoms with Gasteiger partial charge in [-0.3, -0.25) is 0 Å². The summed E-state index contributed by atoms with van der Waals surface area (Å²) in [5, 5.41) is 0. The lowest BCUT2D eigenvalue weighted by atomic mass is 9.67. The van der Waals surface area contributed by atoms with Gasteiger partial charge in [-0.2, -0.15) is 0 Å². The van der Waals surface area contributed by atoms with Crippen LogP contribution in [0.3, 0.4) is 0 Å². The van der Waals surface area contributed by atoms with E-state index in [1.165, 1.54) is 12.8 Å². The summed E-state index contributed by atoms with van der Waals surface area (Å²) in [6, 6.07) is 0. The second-order valence-electron chi connectivity index (χ2n) is 5.09. The highest BCUT2D eigenvalue weighted by atomic mass is 14.4. The van der Waals surface area contributed by atoms with Crippen LogP contribution < -0.4 is 0 Å². The van der Waals surface area contributed by atoms with Crippen LogP contribution in [0.2, 0.25) is 0 Å². The van der Waals surface area contributed by atoms with Crippen molar-refractivity contribution >= 4 is 0 Å². The molecule has 0 spiro atoms. The van der Waals surface area contributed by atoms with E-state index < -0.39 is 0 Å². The Kier molecular flexibility index (Phi) is 3.60. The lowest BCUT2D eigenvalue weighted by Crippen LogP contribution is -2.29. The van der Waals surface area contributed by atoms with E-state index in [4.69, 9.17) is 0 Å². The molecule has 0 nitrogen and oxygen atoms in total. The molecule has 0 aliphatic rings. The second-order valence-corrected chi connectivity index (χ2v) is 5.09. The van der Waals surface area contributed by atoms with Crippen molar-refractivity contribution in [3.8, 4) is 0 Å². The van der Waals surface area contributed by atoms with Crippen LogP contribution in [-0.2, 0) is 0 Å². The Morgan fingerprint density at radius 2 is 1.45 bits per heavy atom. The third-order valence-electron chi connectivity index (χ3n) is 3.08. The maximum atomic E-state index is 3.87. The summed E-state index contributed by atoms with van der Waals surface area (Å²) in [5.41, 5.74) is 0.868. The highest BCUT2D eigenvalue weighted by Gasteiger charge is 2.31. The number of hydrogen-bond donors (Lipinski definition) is 0. The predicted octanol–water partition coefficient (Wildman–Crippen LogP) is 4.06. The molecule has 0 unspecified atom stereocenters. The largest absolute Gasteiger partial charge is 0.0597 e. The zero-order valence-corrected chi connectivity index (χ0v) is 8.83. The Morgan fingerprint density at radius 1 is 1.00 bits per heavy atom. The van der Waals surface area contributed by atoms with Gasteiger partial charge >= 0.3 is 0 Å². The van der Waals surface area contributed by atoms with E-state index in [1.807, 2.05) is 0 Å². The Morgan fingerprint density at radius 3 is 1.73 bits per heavy atom. The van der Waals surface area contributed by atoms with Crippen molar-refractivity contribution < 1.29 is 0 Å². The fourth-order valence-electron chi connectivity index (χ4n) is 0.942. The molecule has 0 rings (SSSR count). The highest BCUT2D eigenvalue weighted by molar-refractivity contribution is 4.82. The van der Waals surface area contributed by atoms with Crippen LogP contribution in [0.15, 0.2) is 0 Å². The maximum Gasteiger partial charge on any atom is -0.0306 e. The summed E-state index contributed by atoms with van der Waals surface area (Å²) in [7, 11) is 0. The monoisotopic (exact) mass is 155 g/mol. The minimum atomic E-state index is 0.419. The fourth-order valence-corrected chi connectivity index (χ4v) is 0.942. The summed E-state index contributed by atoms with van der Waals surface area (Å²) in [4.78, 5) is 0. The van der Waals surface area contributed by atoms with Crippen LogP contribution in [0.4, 0.5) is 0 Å². The van der Waals surface area contributed by atoms with Crippen LogP contribution in [-0.4, -0.2) is 0 Å². The Balaban J connectivity index is 4.00. The van der Waals surface area contributed by atoms with Crippen molar-refractivity contribution in [3.05, 3.63) is 6.92 Å². The van der Waals surface area contributed by atoms with Gasteiger partial charge in [0, 0.05) is 0 Å². The minimum absolute atomic E-state index is 0.419. The lowest BCUT2D eigenvalue weighted by molar-refractivity contribution is 0.117. The highest BCUT2D eigenvalue weighted by Crippen LogP contribution is 2.41. The second kappa shape index (κ2) is 3.60. The normalized spacial score (nSPS) is 13.6. The van der Waals surface area contributed by atoms with Crippen molar-refractivity contribution in [2.45, 2.75) is 53.9 Å². The van der Waals surface area contributed by atoms with E-state index in [1.54, 1.807) is 0 Å². The van der Waals surface area contributed by atoms with E-state index in [2.05, 4.69) is 41.5 Å². The molecule has 0 N–H and O–H groups in total. The summed E-state index contributed by atoms with van der Waals surface area (Å²) >= 11 is 0. The molecule has 0 saturated carbocycles. The summed E-state index contributed by atoms with van der Waals surface area (Å²) in [5.74, 6) is 0. The van der Waals surface area contributed by atoms with E-state index in [0.717, 1.165) is 6.42 Å². The van der Waals surface area contributed by atoms with Crippen LogP contribution in [0.5, 0.6) is 0 Å². The smallest absolute Gasteiger partial charge is 0.0306 e. The molecule has 0 bridgehead atoms. The van der Waals surface area contributed by atoms with Gasteiger partial charge in [-0.15, -0.1) is 0 Å². The van der Waals surface area contributed by atoms with Gasteiger partial charge in [0.15, 0.2) is 0 Å². The van der Waals surface area contributed by atoms with Gasteiger partial charge < -0.3 is 0 Å². The first-order valence-corrected chi connectivity index (χ1v) is 4.60. The quantitative estimate of drug-likeness (QED) is 0.576. The van der Waals surface area contributed by atoms with Crippen LogP contribution >= 0.6 is 0 Å². The van der Waals surface area contributed by atoms with Gasteiger partial charge in [0.25, 0.3) is 0 Å². The van der Waals surface area contributed by atoms with Crippen molar-refractivity contribution in [1.29, 1.82) is 0 Å². The number of rotatable bonds is 3. The Bertz CT molecular complexity index is 104. The van der Waals surface area contributed by atoms with Crippen molar-refractivity contribution in [2.24, 2.45) is 10.8 Å². The van der Waals surface area contributed by atoms with E-state index in [9.17, 15) is 0 Å². The first-order valence-electron chi connectivity index (χ1n) is 4.60. The average molecular weight is 155 g/mol. The molecule has 67 valence electrons. The van der Waals surface area contributed by atoms with E-state index in [0.29, 0.717) is 10.8 Å². The molecular weight excluding hydrogens is 132 g/mol. The molecule has 0 fully saturated rings. The van der Waals surface area contributed by atoms with Gasteiger partial charge in [-0.1, -0.05) is 54.4 Å². The molecule has 0 heterocycles. The molecule has 0 amide bonds. The van der Waals surface area contributed by atoms with Gasteiger partial charge in [-0.05, 0) is 17.3 Å². The molecule has 0 saturated heterocycles. The SMILES string of the molecule is [CH2]CCCC(C)(C)C(C)(C)C. The van der Waals surface area contributed by atoms with Gasteiger partial charge in [0.2, 0.25) is 0 Å². The molecule has 0 aromatic rings. The lowest BCUT2D eigenvalue weighted by Gasteiger charge is -2.39. The number of hydrogen-bond acceptors (Lipinski definition) is 0. The molecule has 0 atom stereocenters. The minimum Gasteiger partial charge on any atom is -0.0597 e. The molecule has 0 heteroatoms. The van der Waals surface area contributed by atoms with Crippen LogP contribution in [0, 0.1) is 17.8 Å². The zero-order valence-electron chi connectivity index (χ0n) is 8.83. The van der Waals surface area contributed by atoms with Crippen LogP contribution in [0.1, 0.15) is 53.9 Å². The standard InChI is InChI=1S/C11H23/c1-7-8-9-11(5,6)10(2,3)4/h1,7-9H2,2-6H3. The topological polar surface area (TPSA) is 0 Å². The van der Waals surface area contributed by atoms with Crippen molar-refractivity contribution in [3.63, 3.8) is 0 Å². The molecule has 0 aliphatic carbocycles. The van der Waals surface area contributed by atoms with E-state index in [-0.39, 0.29) is 0 Å². The molecule has 0 aliphatic heterocycles. The van der Waals surface area contributed by atoms with Crippen LogP contribution in [0.25, 0.3) is 0 Å². The third-order valence-corrected chi connectivity index (χ3v) is 3.08.